The van der Waals surface area contributed by atoms with E-state index in [1.807, 2.05) is 49.7 Å². The van der Waals surface area contributed by atoms with Crippen LogP contribution >= 0.6 is 24.0 Å². The highest BCUT2D eigenvalue weighted by Gasteiger charge is 2.06. The van der Waals surface area contributed by atoms with Crippen LogP contribution in [0.2, 0.25) is 0 Å². The first kappa shape index (κ1) is 25.9. The molecule has 2 rings (SSSR count). The maximum Gasteiger partial charge on any atom is 0.251 e. The number of aliphatic imine (C=N–C) groups is 1. The van der Waals surface area contributed by atoms with E-state index in [0.29, 0.717) is 18.7 Å². The smallest absolute Gasteiger partial charge is 0.251 e. The lowest BCUT2D eigenvalue weighted by Gasteiger charge is -2.12. The zero-order valence-corrected chi connectivity index (χ0v) is 20.8. The Hall–Kier alpha value is -2.10. The zero-order valence-electron chi connectivity index (χ0n) is 18.5. The maximum absolute atomic E-state index is 12.1. The van der Waals surface area contributed by atoms with Gasteiger partial charge >= 0.3 is 0 Å². The number of nitrogens with zero attached hydrogens (tertiary/aromatic N) is 3. The van der Waals surface area contributed by atoms with Crippen LogP contribution in [0.25, 0.3) is 0 Å². The normalized spacial score (nSPS) is 11.0. The minimum atomic E-state index is -0.0353. The van der Waals surface area contributed by atoms with Gasteiger partial charge in [0.25, 0.3) is 5.91 Å². The first-order valence-corrected chi connectivity index (χ1v) is 10.4. The van der Waals surface area contributed by atoms with Crippen LogP contribution in [0.1, 0.15) is 54.0 Å². The van der Waals surface area contributed by atoms with Crippen molar-refractivity contribution in [2.75, 3.05) is 19.6 Å². The molecule has 0 saturated heterocycles. The summed E-state index contributed by atoms with van der Waals surface area (Å²) < 4.78 is 2.04. The van der Waals surface area contributed by atoms with Crippen molar-refractivity contribution in [3.63, 3.8) is 0 Å². The summed E-state index contributed by atoms with van der Waals surface area (Å²) in [6.45, 7) is 11.9. The average Bonchev–Trinajstić information content (AvgIpc) is 3.04. The Morgan fingerprint density at radius 1 is 1.10 bits per heavy atom. The Morgan fingerprint density at radius 2 is 1.90 bits per heavy atom. The molecule has 0 saturated carbocycles. The van der Waals surface area contributed by atoms with E-state index in [9.17, 15) is 4.79 Å². The van der Waals surface area contributed by atoms with Crippen molar-refractivity contribution < 1.29 is 4.79 Å². The van der Waals surface area contributed by atoms with Gasteiger partial charge < -0.3 is 16.0 Å². The Labute approximate surface area is 197 Å². The molecule has 0 unspecified atom stereocenters. The Bertz CT molecular complexity index is 818. The molecule has 0 spiro atoms. The molecule has 0 fully saturated rings. The third-order valence-electron chi connectivity index (χ3n) is 4.43. The summed E-state index contributed by atoms with van der Waals surface area (Å²) in [5, 5.41) is 14.0. The number of carbonyl (C=O) groups is 1. The van der Waals surface area contributed by atoms with Gasteiger partial charge in [0.2, 0.25) is 0 Å². The van der Waals surface area contributed by atoms with E-state index in [0.717, 1.165) is 49.7 Å². The molecule has 7 nitrogen and oxygen atoms in total. The fourth-order valence-corrected chi connectivity index (χ4v) is 3.00. The average molecular weight is 526 g/mol. The fraction of sp³-hybridized carbons (Fsp3) is 0.500. The SMILES string of the molecule is CCCNC(=O)c1cccc(CN=C(NCC)NCCCn2nc(C)cc2C)c1.I. The first-order valence-electron chi connectivity index (χ1n) is 10.4. The van der Waals surface area contributed by atoms with E-state index >= 15 is 0 Å². The van der Waals surface area contributed by atoms with Crippen LogP contribution < -0.4 is 16.0 Å². The van der Waals surface area contributed by atoms with Crippen molar-refractivity contribution in [1.29, 1.82) is 0 Å². The molecular formula is C22H35IN6O. The summed E-state index contributed by atoms with van der Waals surface area (Å²) in [6, 6.07) is 9.73. The summed E-state index contributed by atoms with van der Waals surface area (Å²) in [5.41, 5.74) is 3.92. The number of hydrogen-bond donors (Lipinski definition) is 3. The lowest BCUT2D eigenvalue weighted by molar-refractivity contribution is 0.0953. The van der Waals surface area contributed by atoms with Crippen LogP contribution in [0.4, 0.5) is 0 Å². The second-order valence-electron chi connectivity index (χ2n) is 7.08. The number of aromatic nitrogens is 2. The summed E-state index contributed by atoms with van der Waals surface area (Å²) in [5.74, 6) is 0.744. The van der Waals surface area contributed by atoms with E-state index < -0.39 is 0 Å². The molecule has 0 radical (unpaired) electrons. The number of rotatable bonds is 10. The summed E-state index contributed by atoms with van der Waals surface area (Å²) >= 11 is 0. The number of nitrogens with one attached hydrogen (secondary N) is 3. The lowest BCUT2D eigenvalue weighted by Crippen LogP contribution is -2.38. The van der Waals surface area contributed by atoms with Crippen LogP contribution in [0.5, 0.6) is 0 Å². The minimum Gasteiger partial charge on any atom is -0.357 e. The van der Waals surface area contributed by atoms with E-state index in [1.54, 1.807) is 0 Å². The predicted octanol–water partition coefficient (Wildman–Crippen LogP) is 3.40. The van der Waals surface area contributed by atoms with Gasteiger partial charge in [0.15, 0.2) is 5.96 Å². The molecule has 2 aromatic rings. The monoisotopic (exact) mass is 526 g/mol. The molecule has 1 aromatic heterocycles. The van der Waals surface area contributed by atoms with E-state index in [-0.39, 0.29) is 29.9 Å². The van der Waals surface area contributed by atoms with Crippen LogP contribution in [0.3, 0.4) is 0 Å². The molecule has 3 N–H and O–H groups in total. The standard InChI is InChI=1S/C22H34N6O.HI/c1-5-11-24-21(29)20-10-7-9-19(15-20)16-26-22(23-6-2)25-12-8-13-28-18(4)14-17(3)27-28;/h7,9-10,14-15H,5-6,8,11-13,16H2,1-4H3,(H,24,29)(H2,23,25,26);1H. The molecule has 0 aliphatic rings. The highest BCUT2D eigenvalue weighted by atomic mass is 127. The van der Waals surface area contributed by atoms with Gasteiger partial charge in [-0.05, 0) is 57.4 Å². The second kappa shape index (κ2) is 14.0. The highest BCUT2D eigenvalue weighted by Crippen LogP contribution is 2.07. The van der Waals surface area contributed by atoms with Crippen molar-refractivity contribution in [3.8, 4) is 0 Å². The summed E-state index contributed by atoms with van der Waals surface area (Å²) in [7, 11) is 0. The third-order valence-corrected chi connectivity index (χ3v) is 4.43. The molecule has 8 heteroatoms. The van der Waals surface area contributed by atoms with Gasteiger partial charge in [-0.15, -0.1) is 24.0 Å². The molecule has 30 heavy (non-hydrogen) atoms. The van der Waals surface area contributed by atoms with E-state index in [2.05, 4.69) is 39.0 Å². The molecule has 1 amide bonds. The molecule has 166 valence electrons. The number of halogens is 1. The van der Waals surface area contributed by atoms with Gasteiger partial charge in [0.05, 0.1) is 12.2 Å². The van der Waals surface area contributed by atoms with Crippen molar-refractivity contribution in [2.45, 2.75) is 53.6 Å². The number of benzene rings is 1. The Morgan fingerprint density at radius 3 is 2.57 bits per heavy atom. The minimum absolute atomic E-state index is 0. The zero-order chi connectivity index (χ0) is 21.1. The second-order valence-corrected chi connectivity index (χ2v) is 7.08. The van der Waals surface area contributed by atoms with Gasteiger partial charge in [-0.1, -0.05) is 19.1 Å². The molecule has 0 aliphatic heterocycles. The number of hydrogen-bond acceptors (Lipinski definition) is 3. The number of amides is 1. The molecule has 1 heterocycles. The molecular weight excluding hydrogens is 491 g/mol. The van der Waals surface area contributed by atoms with Gasteiger partial charge in [-0.2, -0.15) is 5.10 Å². The van der Waals surface area contributed by atoms with Crippen molar-refractivity contribution >= 4 is 35.8 Å². The Kier molecular flexibility index (Phi) is 12.1. The predicted molar refractivity (Wildman–Crippen MR) is 134 cm³/mol. The molecule has 0 atom stereocenters. The molecule has 0 bridgehead atoms. The summed E-state index contributed by atoms with van der Waals surface area (Å²) in [6.07, 6.45) is 1.88. The van der Waals surface area contributed by atoms with Gasteiger partial charge in [0.1, 0.15) is 0 Å². The summed E-state index contributed by atoms with van der Waals surface area (Å²) in [4.78, 5) is 16.8. The lowest BCUT2D eigenvalue weighted by atomic mass is 10.1. The van der Waals surface area contributed by atoms with Crippen molar-refractivity contribution in [2.24, 2.45) is 4.99 Å². The largest absolute Gasteiger partial charge is 0.357 e. The van der Waals surface area contributed by atoms with E-state index in [1.165, 1.54) is 5.69 Å². The third kappa shape index (κ3) is 8.73. The van der Waals surface area contributed by atoms with Gasteiger partial charge in [-0.3, -0.25) is 9.48 Å². The Balaban J connectivity index is 0.00000450. The maximum atomic E-state index is 12.1. The number of aryl methyl sites for hydroxylation is 3. The molecule has 1 aromatic carbocycles. The van der Waals surface area contributed by atoms with Gasteiger partial charge in [-0.25, -0.2) is 4.99 Å². The van der Waals surface area contributed by atoms with Crippen LogP contribution in [0, 0.1) is 13.8 Å². The quantitative estimate of drug-likeness (QED) is 0.192. The molecule has 0 aliphatic carbocycles. The fourth-order valence-electron chi connectivity index (χ4n) is 3.00. The van der Waals surface area contributed by atoms with Crippen LogP contribution in [-0.4, -0.2) is 41.3 Å². The van der Waals surface area contributed by atoms with E-state index in [4.69, 9.17) is 0 Å². The highest BCUT2D eigenvalue weighted by molar-refractivity contribution is 14.0. The number of carbonyl (C=O) groups excluding carboxylic acids is 1. The van der Waals surface area contributed by atoms with Crippen LogP contribution in [0.15, 0.2) is 35.3 Å². The topological polar surface area (TPSA) is 83.3 Å². The van der Waals surface area contributed by atoms with Gasteiger partial charge in [0, 0.05) is 37.4 Å². The van der Waals surface area contributed by atoms with Crippen LogP contribution in [-0.2, 0) is 13.1 Å². The van der Waals surface area contributed by atoms with Crippen molar-refractivity contribution in [3.05, 3.63) is 52.8 Å². The van der Waals surface area contributed by atoms with Crippen molar-refractivity contribution in [1.82, 2.24) is 25.7 Å². The number of guanidine groups is 1. The first-order chi connectivity index (χ1) is 14.0.